The predicted octanol–water partition coefficient (Wildman–Crippen LogP) is 3.68. The fourth-order valence-corrected chi connectivity index (χ4v) is 2.69. The van der Waals surface area contributed by atoms with Crippen LogP contribution >= 0.6 is 0 Å². The van der Waals surface area contributed by atoms with Gasteiger partial charge in [-0.15, -0.1) is 0 Å². The first kappa shape index (κ1) is 19.8. The molecule has 3 rings (SSSR count). The number of aryl methyl sites for hydroxylation is 1. The number of methoxy groups -OCH3 is 1. The molecule has 146 valence electrons. The summed E-state index contributed by atoms with van der Waals surface area (Å²) in [5.74, 6) is -1.47. The predicted molar refractivity (Wildman–Crippen MR) is 109 cm³/mol. The normalized spacial score (nSPS) is 10.1. The van der Waals surface area contributed by atoms with Gasteiger partial charge in [0.25, 0.3) is 11.8 Å². The molecular formula is C22H19N3O4. The van der Waals surface area contributed by atoms with Crippen LogP contribution in [-0.2, 0) is 4.74 Å². The van der Waals surface area contributed by atoms with Crippen molar-refractivity contribution in [1.82, 2.24) is 4.98 Å². The SMILES string of the molecule is COC(=O)c1ccccc1NC(=O)c1ccnc(C(=O)Nc2cccc(C)c2)c1. The third kappa shape index (κ3) is 4.84. The molecule has 2 amide bonds. The maximum atomic E-state index is 12.6. The first-order valence-corrected chi connectivity index (χ1v) is 8.80. The van der Waals surface area contributed by atoms with E-state index in [1.807, 2.05) is 25.1 Å². The van der Waals surface area contributed by atoms with Gasteiger partial charge in [-0.1, -0.05) is 24.3 Å². The Morgan fingerprint density at radius 1 is 0.897 bits per heavy atom. The number of esters is 1. The van der Waals surface area contributed by atoms with Crippen LogP contribution in [0.3, 0.4) is 0 Å². The summed E-state index contributed by atoms with van der Waals surface area (Å²) in [7, 11) is 1.27. The number of carbonyl (C=O) groups is 3. The van der Waals surface area contributed by atoms with E-state index in [4.69, 9.17) is 4.74 Å². The van der Waals surface area contributed by atoms with Crippen molar-refractivity contribution in [1.29, 1.82) is 0 Å². The van der Waals surface area contributed by atoms with Crippen molar-refractivity contribution < 1.29 is 19.1 Å². The molecule has 0 saturated carbocycles. The summed E-state index contributed by atoms with van der Waals surface area (Å²) < 4.78 is 4.73. The van der Waals surface area contributed by atoms with Gasteiger partial charge in [0.2, 0.25) is 0 Å². The fourth-order valence-electron chi connectivity index (χ4n) is 2.69. The molecule has 7 heteroatoms. The maximum absolute atomic E-state index is 12.6. The molecule has 2 aromatic carbocycles. The zero-order valence-corrected chi connectivity index (χ0v) is 15.9. The third-order valence-corrected chi connectivity index (χ3v) is 4.11. The molecule has 7 nitrogen and oxygen atoms in total. The van der Waals surface area contributed by atoms with E-state index < -0.39 is 17.8 Å². The van der Waals surface area contributed by atoms with E-state index in [0.29, 0.717) is 11.4 Å². The first-order valence-electron chi connectivity index (χ1n) is 8.80. The van der Waals surface area contributed by atoms with Crippen LogP contribution in [-0.4, -0.2) is 29.9 Å². The van der Waals surface area contributed by atoms with Crippen molar-refractivity contribution in [3.63, 3.8) is 0 Å². The minimum Gasteiger partial charge on any atom is -0.465 e. The Hall–Kier alpha value is -4.00. The highest BCUT2D eigenvalue weighted by atomic mass is 16.5. The number of hydrogen-bond acceptors (Lipinski definition) is 5. The molecule has 1 heterocycles. The van der Waals surface area contributed by atoms with Crippen molar-refractivity contribution in [3.05, 3.63) is 89.2 Å². The van der Waals surface area contributed by atoms with Gasteiger partial charge in [-0.25, -0.2) is 4.79 Å². The molecule has 0 unspecified atom stereocenters. The van der Waals surface area contributed by atoms with Gasteiger partial charge in [0.1, 0.15) is 5.69 Å². The van der Waals surface area contributed by atoms with Crippen molar-refractivity contribution in [2.24, 2.45) is 0 Å². The Morgan fingerprint density at radius 3 is 2.45 bits per heavy atom. The number of hydrogen-bond donors (Lipinski definition) is 2. The smallest absolute Gasteiger partial charge is 0.339 e. The van der Waals surface area contributed by atoms with E-state index >= 15 is 0 Å². The maximum Gasteiger partial charge on any atom is 0.339 e. The highest BCUT2D eigenvalue weighted by Gasteiger charge is 2.16. The molecule has 3 aromatic rings. The Kier molecular flexibility index (Phi) is 5.99. The molecule has 1 aromatic heterocycles. The number of pyridine rings is 1. The fraction of sp³-hybridized carbons (Fsp3) is 0.0909. The van der Waals surface area contributed by atoms with E-state index in [1.54, 1.807) is 30.3 Å². The molecule has 0 fully saturated rings. The summed E-state index contributed by atoms with van der Waals surface area (Å²) in [5.41, 5.74) is 2.52. The zero-order valence-electron chi connectivity index (χ0n) is 15.9. The second kappa shape index (κ2) is 8.79. The van der Waals surface area contributed by atoms with Crippen LogP contribution in [0, 0.1) is 6.92 Å². The lowest BCUT2D eigenvalue weighted by Gasteiger charge is -2.10. The van der Waals surface area contributed by atoms with Gasteiger partial charge in [-0.3, -0.25) is 14.6 Å². The quantitative estimate of drug-likeness (QED) is 0.649. The largest absolute Gasteiger partial charge is 0.465 e. The summed E-state index contributed by atoms with van der Waals surface area (Å²) >= 11 is 0. The lowest BCUT2D eigenvalue weighted by Crippen LogP contribution is -2.18. The van der Waals surface area contributed by atoms with E-state index in [9.17, 15) is 14.4 Å². The van der Waals surface area contributed by atoms with Gasteiger partial charge in [0.15, 0.2) is 0 Å². The minimum atomic E-state index is -0.561. The number of rotatable bonds is 5. The molecule has 0 aliphatic carbocycles. The average Bonchev–Trinajstić information content (AvgIpc) is 2.73. The average molecular weight is 389 g/mol. The van der Waals surface area contributed by atoms with Crippen LogP contribution in [0.25, 0.3) is 0 Å². The Balaban J connectivity index is 1.78. The third-order valence-electron chi connectivity index (χ3n) is 4.11. The van der Waals surface area contributed by atoms with E-state index in [0.717, 1.165) is 5.56 Å². The second-order valence-electron chi connectivity index (χ2n) is 6.24. The highest BCUT2D eigenvalue weighted by Crippen LogP contribution is 2.18. The standard InChI is InChI=1S/C22H19N3O4/c1-14-6-5-7-16(12-14)24-21(27)19-13-15(10-11-23-19)20(26)25-18-9-4-3-8-17(18)22(28)29-2/h3-13H,1-2H3,(H,24,27)(H,25,26). The molecule has 0 radical (unpaired) electrons. The molecule has 0 atom stereocenters. The number of anilines is 2. The summed E-state index contributed by atoms with van der Waals surface area (Å²) in [4.78, 5) is 41.0. The molecule has 29 heavy (non-hydrogen) atoms. The second-order valence-corrected chi connectivity index (χ2v) is 6.24. The van der Waals surface area contributed by atoms with Crippen molar-refractivity contribution in [2.75, 3.05) is 17.7 Å². The molecule has 0 spiro atoms. The van der Waals surface area contributed by atoms with E-state index in [2.05, 4.69) is 15.6 Å². The minimum absolute atomic E-state index is 0.0976. The zero-order chi connectivity index (χ0) is 20.8. The van der Waals surface area contributed by atoms with Crippen LogP contribution in [0.1, 0.15) is 36.8 Å². The Labute approximate surface area is 167 Å². The number of nitrogens with one attached hydrogen (secondary N) is 2. The van der Waals surface area contributed by atoms with Gasteiger partial charge in [0, 0.05) is 17.4 Å². The van der Waals surface area contributed by atoms with Crippen molar-refractivity contribution >= 4 is 29.2 Å². The number of aromatic nitrogens is 1. The number of ether oxygens (including phenoxy) is 1. The topological polar surface area (TPSA) is 97.4 Å². The Bertz CT molecular complexity index is 1080. The van der Waals surface area contributed by atoms with Gasteiger partial charge in [-0.2, -0.15) is 0 Å². The molecule has 0 bridgehead atoms. The number of nitrogens with zero attached hydrogens (tertiary/aromatic N) is 1. The van der Waals surface area contributed by atoms with Gasteiger partial charge in [-0.05, 0) is 48.9 Å². The summed E-state index contributed by atoms with van der Waals surface area (Å²) in [6, 6.07) is 16.7. The number of amides is 2. The summed E-state index contributed by atoms with van der Waals surface area (Å²) in [5, 5.41) is 5.42. The van der Waals surface area contributed by atoms with Gasteiger partial charge < -0.3 is 15.4 Å². The van der Waals surface area contributed by atoms with E-state index in [-0.39, 0.29) is 16.8 Å². The van der Waals surface area contributed by atoms with Crippen LogP contribution in [0.2, 0.25) is 0 Å². The van der Waals surface area contributed by atoms with Crippen LogP contribution in [0.4, 0.5) is 11.4 Å². The molecule has 0 saturated heterocycles. The highest BCUT2D eigenvalue weighted by molar-refractivity contribution is 6.09. The summed E-state index contributed by atoms with van der Waals surface area (Å²) in [6.45, 7) is 1.92. The lowest BCUT2D eigenvalue weighted by atomic mass is 10.1. The first-order chi connectivity index (χ1) is 14.0. The van der Waals surface area contributed by atoms with Crippen LogP contribution in [0.5, 0.6) is 0 Å². The summed E-state index contributed by atoms with van der Waals surface area (Å²) in [6.07, 6.45) is 1.38. The molecule has 0 aliphatic rings. The van der Waals surface area contributed by atoms with Gasteiger partial charge in [0.05, 0.1) is 18.4 Å². The van der Waals surface area contributed by atoms with Crippen molar-refractivity contribution in [3.8, 4) is 0 Å². The Morgan fingerprint density at radius 2 is 1.69 bits per heavy atom. The molecule has 2 N–H and O–H groups in total. The van der Waals surface area contributed by atoms with Crippen molar-refractivity contribution in [2.45, 2.75) is 6.92 Å². The monoisotopic (exact) mass is 389 g/mol. The van der Waals surface area contributed by atoms with Gasteiger partial charge >= 0.3 is 5.97 Å². The van der Waals surface area contributed by atoms with E-state index in [1.165, 1.54) is 25.4 Å². The molecule has 0 aliphatic heterocycles. The van der Waals surface area contributed by atoms with Crippen LogP contribution in [0.15, 0.2) is 66.9 Å². The number of carbonyl (C=O) groups excluding carboxylic acids is 3. The van der Waals surface area contributed by atoms with Crippen LogP contribution < -0.4 is 10.6 Å². The lowest BCUT2D eigenvalue weighted by molar-refractivity contribution is 0.0601. The number of benzene rings is 2. The molecular weight excluding hydrogens is 370 g/mol. The number of para-hydroxylation sites is 1.